The fourth-order valence-corrected chi connectivity index (χ4v) is 2.71. The summed E-state index contributed by atoms with van der Waals surface area (Å²) in [4.78, 5) is 0. The smallest absolute Gasteiger partial charge is 0.313 e. The second kappa shape index (κ2) is 5.75. The molecule has 4 nitrogen and oxygen atoms in total. The Bertz CT molecular complexity index is 366. The quantitative estimate of drug-likeness (QED) is 0.744. The lowest BCUT2D eigenvalue weighted by molar-refractivity contribution is -0.137. The fourth-order valence-electron chi connectivity index (χ4n) is 1.52. The summed E-state index contributed by atoms with van der Waals surface area (Å²) >= 11 is 0. The lowest BCUT2D eigenvalue weighted by Gasteiger charge is -2.19. The summed E-state index contributed by atoms with van der Waals surface area (Å²) in [7, 11) is -3.71. The highest BCUT2D eigenvalue weighted by Crippen LogP contribution is 2.22. The second-order valence-electron chi connectivity index (χ2n) is 4.88. The summed E-state index contributed by atoms with van der Waals surface area (Å²) in [6, 6.07) is -0.770. The first-order chi connectivity index (χ1) is 8.10. The van der Waals surface area contributed by atoms with Crippen LogP contribution in [0.2, 0.25) is 0 Å². The maximum atomic E-state index is 12.1. The van der Waals surface area contributed by atoms with Crippen LogP contribution in [-0.2, 0) is 10.0 Å². The van der Waals surface area contributed by atoms with E-state index in [1.165, 1.54) is 13.8 Å². The highest BCUT2D eigenvalue weighted by Gasteiger charge is 2.33. The molecule has 2 N–H and O–H groups in total. The van der Waals surface area contributed by atoms with Crippen molar-refractivity contribution in [1.29, 1.82) is 0 Å². The number of hydrogen-bond donors (Lipinski definition) is 2. The van der Waals surface area contributed by atoms with Gasteiger partial charge in [-0.3, -0.25) is 0 Å². The van der Waals surface area contributed by atoms with E-state index in [-0.39, 0.29) is 6.54 Å². The molecule has 0 aromatic carbocycles. The van der Waals surface area contributed by atoms with Gasteiger partial charge in [-0.05, 0) is 26.7 Å². The zero-order valence-electron chi connectivity index (χ0n) is 10.4. The Labute approximate surface area is 105 Å². The Hall–Kier alpha value is -0.340. The van der Waals surface area contributed by atoms with Crippen molar-refractivity contribution in [2.24, 2.45) is 0 Å². The number of nitrogens with one attached hydrogen (secondary N) is 2. The van der Waals surface area contributed by atoms with Crippen LogP contribution in [0.1, 0.15) is 33.1 Å². The Morgan fingerprint density at radius 3 is 2.28 bits per heavy atom. The number of halogens is 3. The van der Waals surface area contributed by atoms with Gasteiger partial charge < -0.3 is 5.32 Å². The largest absolute Gasteiger partial charge is 0.390 e. The van der Waals surface area contributed by atoms with Crippen molar-refractivity contribution in [3.63, 3.8) is 0 Å². The first-order valence-corrected chi connectivity index (χ1v) is 7.46. The van der Waals surface area contributed by atoms with Crippen LogP contribution in [0.4, 0.5) is 13.2 Å². The minimum atomic E-state index is -4.36. The van der Waals surface area contributed by atoms with Gasteiger partial charge in [-0.2, -0.15) is 13.2 Å². The molecule has 1 rings (SSSR count). The average Bonchev–Trinajstić information content (AvgIpc) is 2.92. The van der Waals surface area contributed by atoms with Crippen LogP contribution in [0.15, 0.2) is 0 Å². The van der Waals surface area contributed by atoms with Crippen LogP contribution in [0.5, 0.6) is 0 Å². The molecule has 1 saturated carbocycles. The van der Waals surface area contributed by atoms with E-state index in [1.807, 2.05) is 0 Å². The molecule has 1 fully saturated rings. The van der Waals surface area contributed by atoms with E-state index in [4.69, 9.17) is 0 Å². The van der Waals surface area contributed by atoms with Gasteiger partial charge in [0.15, 0.2) is 0 Å². The van der Waals surface area contributed by atoms with Gasteiger partial charge in [0, 0.05) is 18.6 Å². The summed E-state index contributed by atoms with van der Waals surface area (Å²) < 4.78 is 61.8. The third-order valence-corrected chi connectivity index (χ3v) is 4.66. The average molecular weight is 288 g/mol. The summed E-state index contributed by atoms with van der Waals surface area (Å²) in [5, 5.41) is 2.30. The van der Waals surface area contributed by atoms with Gasteiger partial charge in [0.1, 0.15) is 0 Å². The molecule has 0 heterocycles. The normalized spacial score (nSPS) is 20.7. The minimum absolute atomic E-state index is 0.263. The first kappa shape index (κ1) is 15.7. The molecule has 108 valence electrons. The van der Waals surface area contributed by atoms with Crippen molar-refractivity contribution in [1.82, 2.24) is 10.0 Å². The lowest BCUT2D eigenvalue weighted by atomic mass is 10.2. The molecule has 18 heavy (non-hydrogen) atoms. The molecule has 2 unspecified atom stereocenters. The Kier molecular flexibility index (Phi) is 5.02. The van der Waals surface area contributed by atoms with E-state index in [2.05, 4.69) is 10.0 Å². The summed E-state index contributed by atoms with van der Waals surface area (Å²) in [5.41, 5.74) is 0. The molecule has 8 heteroatoms. The number of hydrogen-bond acceptors (Lipinski definition) is 3. The minimum Gasteiger partial charge on any atom is -0.313 e. The van der Waals surface area contributed by atoms with Gasteiger partial charge in [0.05, 0.1) is 11.7 Å². The molecule has 0 saturated heterocycles. The molecule has 1 aliphatic rings. The molecule has 2 atom stereocenters. The first-order valence-electron chi connectivity index (χ1n) is 5.91. The van der Waals surface area contributed by atoms with Crippen LogP contribution in [-0.4, -0.2) is 38.5 Å². The highest BCUT2D eigenvalue weighted by atomic mass is 32.2. The van der Waals surface area contributed by atoms with Gasteiger partial charge in [-0.1, -0.05) is 0 Å². The zero-order valence-corrected chi connectivity index (χ0v) is 11.2. The van der Waals surface area contributed by atoms with Crippen molar-refractivity contribution in [2.45, 2.75) is 56.6 Å². The topological polar surface area (TPSA) is 58.2 Å². The van der Waals surface area contributed by atoms with E-state index in [0.717, 1.165) is 12.8 Å². The van der Waals surface area contributed by atoms with E-state index in [1.54, 1.807) is 0 Å². The molecule has 1 aliphatic carbocycles. The maximum Gasteiger partial charge on any atom is 0.390 e. The van der Waals surface area contributed by atoms with Crippen LogP contribution >= 0.6 is 0 Å². The van der Waals surface area contributed by atoms with Crippen molar-refractivity contribution >= 4 is 10.0 Å². The van der Waals surface area contributed by atoms with Gasteiger partial charge in [0.25, 0.3) is 0 Å². The predicted molar refractivity (Wildman–Crippen MR) is 62.7 cm³/mol. The Morgan fingerprint density at radius 2 is 1.83 bits per heavy atom. The second-order valence-corrected chi connectivity index (χ2v) is 7.01. The van der Waals surface area contributed by atoms with E-state index in [0.29, 0.717) is 6.04 Å². The number of sulfonamides is 1. The molecule has 0 radical (unpaired) electrons. The maximum absolute atomic E-state index is 12.1. The van der Waals surface area contributed by atoms with Crippen LogP contribution in [0.3, 0.4) is 0 Å². The Balaban J connectivity index is 2.41. The molecular formula is C10H19F3N2O2S. The van der Waals surface area contributed by atoms with Gasteiger partial charge >= 0.3 is 6.18 Å². The lowest BCUT2D eigenvalue weighted by Crippen LogP contribution is -2.44. The molecule has 0 aliphatic heterocycles. The molecule has 0 aromatic heterocycles. The van der Waals surface area contributed by atoms with Crippen molar-refractivity contribution in [3.05, 3.63) is 0 Å². The van der Waals surface area contributed by atoms with Crippen LogP contribution in [0, 0.1) is 0 Å². The molecule has 0 amide bonds. The SMILES string of the molecule is CC(CC(F)(F)F)NS(=O)(=O)C(C)CNC1CC1. The number of rotatable bonds is 7. The third kappa shape index (κ3) is 6.01. The van der Waals surface area contributed by atoms with Crippen molar-refractivity contribution in [2.75, 3.05) is 6.54 Å². The summed E-state index contributed by atoms with van der Waals surface area (Å²) in [6.07, 6.45) is -3.46. The molecular weight excluding hydrogens is 269 g/mol. The van der Waals surface area contributed by atoms with Gasteiger partial charge in [-0.15, -0.1) is 0 Å². The van der Waals surface area contributed by atoms with Crippen LogP contribution < -0.4 is 10.0 Å². The molecule has 0 bridgehead atoms. The van der Waals surface area contributed by atoms with E-state index in [9.17, 15) is 21.6 Å². The van der Waals surface area contributed by atoms with E-state index < -0.39 is 33.9 Å². The monoisotopic (exact) mass is 288 g/mol. The van der Waals surface area contributed by atoms with Crippen LogP contribution in [0.25, 0.3) is 0 Å². The van der Waals surface area contributed by atoms with Gasteiger partial charge in [0.2, 0.25) is 10.0 Å². The number of alkyl halides is 3. The zero-order chi connectivity index (χ0) is 14.0. The summed E-state index contributed by atoms with van der Waals surface area (Å²) in [6.45, 7) is 2.96. The summed E-state index contributed by atoms with van der Waals surface area (Å²) in [5.74, 6) is 0. The molecule has 0 aromatic rings. The molecule has 0 spiro atoms. The van der Waals surface area contributed by atoms with Gasteiger partial charge in [-0.25, -0.2) is 13.1 Å². The fraction of sp³-hybridized carbons (Fsp3) is 1.00. The van der Waals surface area contributed by atoms with E-state index >= 15 is 0 Å². The van der Waals surface area contributed by atoms with Crippen molar-refractivity contribution < 1.29 is 21.6 Å². The van der Waals surface area contributed by atoms with Crippen molar-refractivity contribution in [3.8, 4) is 0 Å². The highest BCUT2D eigenvalue weighted by molar-refractivity contribution is 7.90. The standard InChI is InChI=1S/C10H19F3N2O2S/c1-7(5-10(11,12)13)15-18(16,17)8(2)6-14-9-3-4-9/h7-9,14-15H,3-6H2,1-2H3. The third-order valence-electron chi connectivity index (χ3n) is 2.70. The Morgan fingerprint density at radius 1 is 1.28 bits per heavy atom. The predicted octanol–water partition coefficient (Wildman–Crippen LogP) is 1.39.